The van der Waals surface area contributed by atoms with Crippen molar-refractivity contribution in [3.8, 4) is 0 Å². The molecule has 0 saturated carbocycles. The standard InChI is InChI=1S/C18H18N2O/c1-3-7-17-14(5-1)11-19-9-10-20(17)12-15-13-21-18-8-4-2-6-16(15)18/h1-8,13,19H,9-12H2. The van der Waals surface area contributed by atoms with Gasteiger partial charge in [0.2, 0.25) is 0 Å². The first-order valence-corrected chi connectivity index (χ1v) is 7.40. The molecule has 1 N–H and O–H groups in total. The number of para-hydroxylation sites is 2. The van der Waals surface area contributed by atoms with Crippen LogP contribution in [0.4, 0.5) is 5.69 Å². The normalized spacial score (nSPS) is 15.0. The summed E-state index contributed by atoms with van der Waals surface area (Å²) < 4.78 is 5.67. The van der Waals surface area contributed by atoms with Crippen LogP contribution in [0.2, 0.25) is 0 Å². The van der Waals surface area contributed by atoms with Crippen molar-refractivity contribution in [3.63, 3.8) is 0 Å². The Balaban J connectivity index is 1.71. The quantitative estimate of drug-likeness (QED) is 0.777. The fourth-order valence-electron chi connectivity index (χ4n) is 3.05. The van der Waals surface area contributed by atoms with E-state index in [1.807, 2.05) is 18.4 Å². The molecular weight excluding hydrogens is 260 g/mol. The lowest BCUT2D eigenvalue weighted by molar-refractivity contribution is 0.607. The highest BCUT2D eigenvalue weighted by Gasteiger charge is 2.16. The summed E-state index contributed by atoms with van der Waals surface area (Å²) in [5.41, 5.74) is 4.91. The number of anilines is 1. The Morgan fingerprint density at radius 2 is 1.90 bits per heavy atom. The molecule has 2 aromatic carbocycles. The van der Waals surface area contributed by atoms with Gasteiger partial charge in [-0.25, -0.2) is 0 Å². The summed E-state index contributed by atoms with van der Waals surface area (Å²) in [5.74, 6) is 0. The van der Waals surface area contributed by atoms with Crippen LogP contribution in [-0.4, -0.2) is 13.1 Å². The highest BCUT2D eigenvalue weighted by molar-refractivity contribution is 5.81. The van der Waals surface area contributed by atoms with Gasteiger partial charge >= 0.3 is 0 Å². The van der Waals surface area contributed by atoms with Gasteiger partial charge in [0.25, 0.3) is 0 Å². The molecule has 1 aromatic heterocycles. The number of hydrogen-bond donors (Lipinski definition) is 1. The zero-order valence-electron chi connectivity index (χ0n) is 11.9. The topological polar surface area (TPSA) is 28.4 Å². The number of fused-ring (bicyclic) bond motifs is 2. The Morgan fingerprint density at radius 3 is 2.90 bits per heavy atom. The summed E-state index contributed by atoms with van der Waals surface area (Å²) in [7, 11) is 0. The SMILES string of the molecule is c1ccc2c(c1)CNCCN2Cc1coc2ccccc12. The smallest absolute Gasteiger partial charge is 0.134 e. The Hall–Kier alpha value is -2.26. The third kappa shape index (κ3) is 2.30. The highest BCUT2D eigenvalue weighted by atomic mass is 16.3. The first-order valence-electron chi connectivity index (χ1n) is 7.40. The van der Waals surface area contributed by atoms with Crippen LogP contribution in [0, 0.1) is 0 Å². The van der Waals surface area contributed by atoms with E-state index in [0.29, 0.717) is 0 Å². The van der Waals surface area contributed by atoms with E-state index in [0.717, 1.165) is 31.8 Å². The first kappa shape index (κ1) is 12.5. The second-order valence-corrected chi connectivity index (χ2v) is 5.48. The van der Waals surface area contributed by atoms with Crippen LogP contribution in [0.15, 0.2) is 59.2 Å². The van der Waals surface area contributed by atoms with Gasteiger partial charge in [-0.2, -0.15) is 0 Å². The molecule has 0 spiro atoms. The molecule has 2 heterocycles. The van der Waals surface area contributed by atoms with Crippen molar-refractivity contribution in [1.82, 2.24) is 5.32 Å². The molecule has 4 rings (SSSR count). The first-order chi connectivity index (χ1) is 10.4. The summed E-state index contributed by atoms with van der Waals surface area (Å²) >= 11 is 0. The second-order valence-electron chi connectivity index (χ2n) is 5.48. The van der Waals surface area contributed by atoms with E-state index >= 15 is 0 Å². The maximum atomic E-state index is 5.67. The monoisotopic (exact) mass is 278 g/mol. The molecule has 0 saturated heterocycles. The van der Waals surface area contributed by atoms with E-state index in [-0.39, 0.29) is 0 Å². The average molecular weight is 278 g/mol. The molecular formula is C18H18N2O. The van der Waals surface area contributed by atoms with Crippen LogP contribution in [0.5, 0.6) is 0 Å². The Bertz CT molecular complexity index is 763. The predicted octanol–water partition coefficient (Wildman–Crippen LogP) is 3.54. The van der Waals surface area contributed by atoms with Gasteiger partial charge < -0.3 is 14.6 Å². The van der Waals surface area contributed by atoms with E-state index in [9.17, 15) is 0 Å². The fraction of sp³-hybridized carbons (Fsp3) is 0.222. The fourth-order valence-corrected chi connectivity index (χ4v) is 3.05. The van der Waals surface area contributed by atoms with E-state index in [1.54, 1.807) is 0 Å². The van der Waals surface area contributed by atoms with Gasteiger partial charge in [0.05, 0.1) is 6.26 Å². The van der Waals surface area contributed by atoms with E-state index in [4.69, 9.17) is 4.42 Å². The van der Waals surface area contributed by atoms with E-state index in [1.165, 1.54) is 22.2 Å². The van der Waals surface area contributed by atoms with Crippen molar-refractivity contribution in [2.24, 2.45) is 0 Å². The molecule has 1 aliphatic heterocycles. The lowest BCUT2D eigenvalue weighted by Crippen LogP contribution is -2.28. The molecule has 0 atom stereocenters. The molecule has 1 aliphatic rings. The van der Waals surface area contributed by atoms with Crippen molar-refractivity contribution in [3.05, 3.63) is 65.9 Å². The van der Waals surface area contributed by atoms with E-state index in [2.05, 4.69) is 46.6 Å². The van der Waals surface area contributed by atoms with Gasteiger partial charge in [0, 0.05) is 42.8 Å². The Labute approximate surface area is 124 Å². The summed E-state index contributed by atoms with van der Waals surface area (Å²) in [6.45, 7) is 3.84. The minimum atomic E-state index is 0.885. The molecule has 0 fully saturated rings. The van der Waals surface area contributed by atoms with Crippen LogP contribution >= 0.6 is 0 Å². The number of nitrogens with one attached hydrogen (secondary N) is 1. The van der Waals surface area contributed by atoms with Crippen molar-refractivity contribution >= 4 is 16.7 Å². The molecule has 0 unspecified atom stereocenters. The van der Waals surface area contributed by atoms with Crippen LogP contribution in [0.3, 0.4) is 0 Å². The molecule has 0 amide bonds. The van der Waals surface area contributed by atoms with Gasteiger partial charge in [-0.15, -0.1) is 0 Å². The van der Waals surface area contributed by atoms with Gasteiger partial charge in [0.15, 0.2) is 0 Å². The van der Waals surface area contributed by atoms with Gasteiger partial charge in [0.1, 0.15) is 5.58 Å². The molecule has 3 aromatic rings. The van der Waals surface area contributed by atoms with Crippen LogP contribution < -0.4 is 10.2 Å². The van der Waals surface area contributed by atoms with Crippen LogP contribution in [-0.2, 0) is 13.1 Å². The Morgan fingerprint density at radius 1 is 1.05 bits per heavy atom. The second kappa shape index (κ2) is 5.26. The largest absolute Gasteiger partial charge is 0.464 e. The molecule has 3 heteroatoms. The predicted molar refractivity (Wildman–Crippen MR) is 85.4 cm³/mol. The zero-order valence-corrected chi connectivity index (χ0v) is 11.9. The molecule has 0 radical (unpaired) electrons. The van der Waals surface area contributed by atoms with E-state index < -0.39 is 0 Å². The number of nitrogens with zero attached hydrogens (tertiary/aromatic N) is 1. The molecule has 0 aliphatic carbocycles. The minimum absolute atomic E-state index is 0.885. The molecule has 106 valence electrons. The van der Waals surface area contributed by atoms with Crippen molar-refractivity contribution in [2.45, 2.75) is 13.1 Å². The summed E-state index contributed by atoms with van der Waals surface area (Å²) in [5, 5.41) is 4.70. The summed E-state index contributed by atoms with van der Waals surface area (Å²) in [6, 6.07) is 16.9. The zero-order chi connectivity index (χ0) is 14.1. The third-order valence-electron chi connectivity index (χ3n) is 4.13. The number of benzene rings is 2. The van der Waals surface area contributed by atoms with Crippen molar-refractivity contribution in [1.29, 1.82) is 0 Å². The Kier molecular flexibility index (Phi) is 3.13. The van der Waals surface area contributed by atoms with Gasteiger partial charge in [-0.1, -0.05) is 36.4 Å². The molecule has 3 nitrogen and oxygen atoms in total. The van der Waals surface area contributed by atoms with Crippen LogP contribution in [0.25, 0.3) is 11.0 Å². The van der Waals surface area contributed by atoms with Crippen molar-refractivity contribution in [2.75, 3.05) is 18.0 Å². The van der Waals surface area contributed by atoms with Gasteiger partial charge in [-0.05, 0) is 17.7 Å². The lowest BCUT2D eigenvalue weighted by Gasteiger charge is -2.24. The van der Waals surface area contributed by atoms with Crippen molar-refractivity contribution < 1.29 is 4.42 Å². The summed E-state index contributed by atoms with van der Waals surface area (Å²) in [4.78, 5) is 2.44. The number of furan rings is 1. The minimum Gasteiger partial charge on any atom is -0.464 e. The average Bonchev–Trinajstić information content (AvgIpc) is 2.82. The third-order valence-corrected chi connectivity index (χ3v) is 4.13. The number of hydrogen-bond acceptors (Lipinski definition) is 3. The maximum absolute atomic E-state index is 5.67. The van der Waals surface area contributed by atoms with Gasteiger partial charge in [-0.3, -0.25) is 0 Å². The highest BCUT2D eigenvalue weighted by Crippen LogP contribution is 2.27. The molecule has 0 bridgehead atoms. The maximum Gasteiger partial charge on any atom is 0.134 e. The van der Waals surface area contributed by atoms with Crippen LogP contribution in [0.1, 0.15) is 11.1 Å². The molecule has 21 heavy (non-hydrogen) atoms. The summed E-state index contributed by atoms with van der Waals surface area (Å²) in [6.07, 6.45) is 1.89. The number of rotatable bonds is 2. The lowest BCUT2D eigenvalue weighted by atomic mass is 10.1.